The maximum atomic E-state index is 13.1. The molecule has 3 rings (SSSR count). The van der Waals surface area contributed by atoms with Crippen molar-refractivity contribution in [3.05, 3.63) is 30.6 Å². The number of hydrogen-bond donors (Lipinski definition) is 1. The predicted octanol–water partition coefficient (Wildman–Crippen LogP) is 3.61. The molecule has 1 aliphatic carbocycles. The molecule has 0 aliphatic heterocycles. The van der Waals surface area contributed by atoms with Gasteiger partial charge in [0.25, 0.3) is 5.91 Å². The highest BCUT2D eigenvalue weighted by Crippen LogP contribution is 2.30. The number of fused-ring (bicyclic) bond motifs is 1. The zero-order valence-electron chi connectivity index (χ0n) is 17.3. The Hall–Kier alpha value is -2.74. The highest BCUT2D eigenvalue weighted by molar-refractivity contribution is 6.00. The molecule has 2 amide bonds. The first kappa shape index (κ1) is 21.0. The van der Waals surface area contributed by atoms with Crippen LogP contribution in [0.1, 0.15) is 46.5 Å². The number of carbonyl (C=O) groups excluding carboxylic acids is 2. The summed E-state index contributed by atoms with van der Waals surface area (Å²) in [5.74, 6) is -0.292. The van der Waals surface area contributed by atoms with E-state index < -0.39 is 11.7 Å². The zero-order valence-corrected chi connectivity index (χ0v) is 17.3. The van der Waals surface area contributed by atoms with Gasteiger partial charge in [0, 0.05) is 24.4 Å². The number of ether oxygens (including phenoxy) is 1. The van der Waals surface area contributed by atoms with Crippen LogP contribution in [0, 0.1) is 5.92 Å². The summed E-state index contributed by atoms with van der Waals surface area (Å²) in [5.41, 5.74) is 1.37. The van der Waals surface area contributed by atoms with E-state index in [0.29, 0.717) is 42.4 Å². The molecule has 0 radical (unpaired) electrons. The van der Waals surface area contributed by atoms with E-state index >= 15 is 0 Å². The monoisotopic (exact) mass is 400 g/mol. The molecule has 0 spiro atoms. The van der Waals surface area contributed by atoms with E-state index in [2.05, 4.69) is 15.3 Å². The predicted molar refractivity (Wildman–Crippen MR) is 109 cm³/mol. The quantitative estimate of drug-likeness (QED) is 0.788. The van der Waals surface area contributed by atoms with Gasteiger partial charge < -0.3 is 10.1 Å². The largest absolute Gasteiger partial charge is 0.444 e. The topological polar surface area (TPSA) is 93.7 Å². The molecule has 1 N–H and O–H groups in total. The van der Waals surface area contributed by atoms with Crippen molar-refractivity contribution in [1.82, 2.24) is 15.3 Å². The Kier molecular flexibility index (Phi) is 6.32. The Labute approximate surface area is 170 Å². The molecule has 1 aliphatic rings. The number of hydrogen-bond acceptors (Lipinski definition) is 6. The molecule has 2 heterocycles. The van der Waals surface area contributed by atoms with E-state index in [0.717, 1.165) is 0 Å². The number of alkyl carbamates (subject to hydrolysis) is 1. The van der Waals surface area contributed by atoms with Crippen molar-refractivity contribution in [1.29, 1.82) is 0 Å². The van der Waals surface area contributed by atoms with E-state index in [1.165, 1.54) is 12.2 Å². The van der Waals surface area contributed by atoms with Crippen LogP contribution in [-0.2, 0) is 14.4 Å². The van der Waals surface area contributed by atoms with E-state index in [1.54, 1.807) is 24.5 Å². The summed E-state index contributed by atoms with van der Waals surface area (Å²) in [5, 5.41) is 4.21. The molecular formula is C21H28N4O4. The number of anilines is 1. The molecule has 0 bridgehead atoms. The third-order valence-electron chi connectivity index (χ3n) is 4.87. The number of nitrogens with zero attached hydrogens (tertiary/aromatic N) is 3. The molecular weight excluding hydrogens is 372 g/mol. The van der Waals surface area contributed by atoms with Gasteiger partial charge in [0.2, 0.25) is 0 Å². The lowest BCUT2D eigenvalue weighted by Gasteiger charge is -2.31. The van der Waals surface area contributed by atoms with Crippen molar-refractivity contribution >= 4 is 28.7 Å². The second-order valence-electron chi connectivity index (χ2n) is 8.21. The van der Waals surface area contributed by atoms with Gasteiger partial charge in [-0.1, -0.05) is 0 Å². The van der Waals surface area contributed by atoms with Gasteiger partial charge in [0.1, 0.15) is 16.8 Å². The van der Waals surface area contributed by atoms with Gasteiger partial charge in [0.05, 0.1) is 12.6 Å². The van der Waals surface area contributed by atoms with Crippen LogP contribution < -0.4 is 10.4 Å². The van der Waals surface area contributed by atoms with Gasteiger partial charge in [-0.3, -0.25) is 19.6 Å². The second kappa shape index (κ2) is 8.73. The summed E-state index contributed by atoms with van der Waals surface area (Å²) in [6.45, 7) is 5.50. The molecule has 29 heavy (non-hydrogen) atoms. The number of carbonyl (C=O) groups is 2. The summed E-state index contributed by atoms with van der Waals surface area (Å²) in [6, 6.07) is 5.38. The summed E-state index contributed by atoms with van der Waals surface area (Å²) < 4.78 is 5.31. The smallest absolute Gasteiger partial charge is 0.407 e. The molecule has 0 saturated heterocycles. The van der Waals surface area contributed by atoms with Crippen molar-refractivity contribution in [2.45, 2.75) is 58.1 Å². The standard InChI is InChI=1S/C21H28N4O4/c1-21(2,3)29-20(27)24-15-9-7-14(8-10-15)19(26)25(28-4)17-11-13-22-16-6-5-12-23-18(16)17/h5-6,11-15H,7-10H2,1-4H3,(H,24,27). The Balaban J connectivity index is 1.64. The Bertz CT molecular complexity index is 867. The van der Waals surface area contributed by atoms with Crippen LogP contribution in [0.2, 0.25) is 0 Å². The van der Waals surface area contributed by atoms with Crippen LogP contribution in [0.4, 0.5) is 10.5 Å². The van der Waals surface area contributed by atoms with Gasteiger partial charge >= 0.3 is 6.09 Å². The number of amides is 2. The minimum absolute atomic E-state index is 0.00770. The number of nitrogens with one attached hydrogen (secondary N) is 1. The fourth-order valence-corrected chi connectivity index (χ4v) is 3.56. The lowest BCUT2D eigenvalue weighted by molar-refractivity contribution is -0.129. The fraction of sp³-hybridized carbons (Fsp3) is 0.524. The summed E-state index contributed by atoms with van der Waals surface area (Å²) in [6.07, 6.45) is 5.64. The van der Waals surface area contributed by atoms with E-state index in [1.807, 2.05) is 26.8 Å². The van der Waals surface area contributed by atoms with Crippen LogP contribution in [-0.4, -0.2) is 40.7 Å². The minimum atomic E-state index is -0.530. The molecule has 0 unspecified atom stereocenters. The molecule has 1 saturated carbocycles. The van der Waals surface area contributed by atoms with Gasteiger partial charge in [-0.2, -0.15) is 5.06 Å². The second-order valence-corrected chi connectivity index (χ2v) is 8.21. The molecule has 1 fully saturated rings. The SMILES string of the molecule is CON(C(=O)C1CCC(NC(=O)OC(C)(C)C)CC1)c1ccnc2cccnc12. The Morgan fingerprint density at radius 2 is 1.83 bits per heavy atom. The first-order chi connectivity index (χ1) is 13.8. The van der Waals surface area contributed by atoms with Crippen LogP contribution in [0.25, 0.3) is 11.0 Å². The number of rotatable bonds is 4. The first-order valence-corrected chi connectivity index (χ1v) is 9.86. The van der Waals surface area contributed by atoms with E-state index in [4.69, 9.17) is 9.57 Å². The van der Waals surface area contributed by atoms with Gasteiger partial charge in [-0.25, -0.2) is 4.79 Å². The van der Waals surface area contributed by atoms with Crippen molar-refractivity contribution in [2.24, 2.45) is 5.92 Å². The highest BCUT2D eigenvalue weighted by atomic mass is 16.7. The van der Waals surface area contributed by atoms with Crippen LogP contribution in [0.15, 0.2) is 30.6 Å². The fourth-order valence-electron chi connectivity index (χ4n) is 3.56. The lowest BCUT2D eigenvalue weighted by atomic mass is 9.85. The molecule has 0 atom stereocenters. The summed E-state index contributed by atoms with van der Waals surface area (Å²) in [4.78, 5) is 39.2. The Morgan fingerprint density at radius 1 is 1.10 bits per heavy atom. The average molecular weight is 400 g/mol. The molecule has 8 heteroatoms. The average Bonchev–Trinajstić information content (AvgIpc) is 2.67. The first-order valence-electron chi connectivity index (χ1n) is 9.86. The third-order valence-corrected chi connectivity index (χ3v) is 4.87. The van der Waals surface area contributed by atoms with Crippen molar-refractivity contribution in [3.63, 3.8) is 0 Å². The molecule has 156 valence electrons. The highest BCUT2D eigenvalue weighted by Gasteiger charge is 2.32. The van der Waals surface area contributed by atoms with Crippen molar-refractivity contribution in [3.8, 4) is 0 Å². The molecule has 0 aromatic carbocycles. The molecule has 2 aromatic heterocycles. The zero-order chi connectivity index (χ0) is 21.0. The number of aromatic nitrogens is 2. The number of hydroxylamine groups is 1. The van der Waals surface area contributed by atoms with Gasteiger partial charge in [-0.15, -0.1) is 0 Å². The van der Waals surface area contributed by atoms with Crippen molar-refractivity contribution < 1.29 is 19.2 Å². The van der Waals surface area contributed by atoms with Crippen LogP contribution in [0.5, 0.6) is 0 Å². The summed E-state index contributed by atoms with van der Waals surface area (Å²) in [7, 11) is 1.47. The maximum Gasteiger partial charge on any atom is 0.407 e. The number of pyridine rings is 2. The van der Waals surface area contributed by atoms with Gasteiger partial charge in [-0.05, 0) is 64.7 Å². The van der Waals surface area contributed by atoms with E-state index in [9.17, 15) is 9.59 Å². The van der Waals surface area contributed by atoms with Crippen LogP contribution >= 0.6 is 0 Å². The van der Waals surface area contributed by atoms with Gasteiger partial charge in [0.15, 0.2) is 0 Å². The Morgan fingerprint density at radius 3 is 2.48 bits per heavy atom. The third kappa shape index (κ3) is 5.20. The normalized spacial score (nSPS) is 19.6. The molecule has 8 nitrogen and oxygen atoms in total. The molecule has 2 aromatic rings. The minimum Gasteiger partial charge on any atom is -0.444 e. The lowest BCUT2D eigenvalue weighted by Crippen LogP contribution is -2.43. The maximum absolute atomic E-state index is 13.1. The van der Waals surface area contributed by atoms with Crippen molar-refractivity contribution in [2.75, 3.05) is 12.2 Å². The summed E-state index contributed by atoms with van der Waals surface area (Å²) >= 11 is 0. The van der Waals surface area contributed by atoms with E-state index in [-0.39, 0.29) is 17.9 Å². The van der Waals surface area contributed by atoms with Crippen LogP contribution in [0.3, 0.4) is 0 Å².